The lowest BCUT2D eigenvalue weighted by molar-refractivity contribution is 0.0946. The van der Waals surface area contributed by atoms with Gasteiger partial charge in [-0.25, -0.2) is 4.98 Å². The van der Waals surface area contributed by atoms with E-state index < -0.39 is 0 Å². The molecule has 0 amide bonds. The topological polar surface area (TPSA) is 34.9 Å². The molecule has 0 radical (unpaired) electrons. The number of benzene rings is 6. The summed E-state index contributed by atoms with van der Waals surface area (Å²) in [6, 6.07) is 40.3. The normalized spacial score (nSPS) is 11.8. The number of nitrogens with zero attached hydrogens (tertiary/aromatic N) is 2. The molecule has 0 aliphatic heterocycles. The molecule has 0 bridgehead atoms. The number of aromatic nitrogens is 2. The van der Waals surface area contributed by atoms with Gasteiger partial charge in [0, 0.05) is 28.6 Å². The summed E-state index contributed by atoms with van der Waals surface area (Å²) in [5, 5.41) is 7.79. The van der Waals surface area contributed by atoms with Crippen molar-refractivity contribution in [1.29, 1.82) is 0 Å². The van der Waals surface area contributed by atoms with Gasteiger partial charge in [-0.3, -0.25) is 9.36 Å². The van der Waals surface area contributed by atoms with Crippen molar-refractivity contribution in [3.05, 3.63) is 115 Å². The minimum atomic E-state index is 0.0170. The Hall–Kier alpha value is -4.80. The first-order valence-corrected chi connectivity index (χ1v) is 13.8. The molecule has 39 heavy (non-hydrogen) atoms. The third-order valence-corrected chi connectivity index (χ3v) is 8.79. The highest BCUT2D eigenvalue weighted by Crippen LogP contribution is 2.42. The van der Waals surface area contributed by atoms with Crippen molar-refractivity contribution < 1.29 is 4.79 Å². The van der Waals surface area contributed by atoms with Crippen LogP contribution in [0.1, 0.15) is 11.7 Å². The average molecular weight is 519 g/mol. The maximum atomic E-state index is 13.1. The van der Waals surface area contributed by atoms with Gasteiger partial charge < -0.3 is 0 Å². The largest absolute Gasteiger partial charge is 0.279 e. The van der Waals surface area contributed by atoms with E-state index in [1.807, 2.05) is 10.6 Å². The first kappa shape index (κ1) is 22.2. The maximum Gasteiger partial charge on any atom is 0.228 e. The van der Waals surface area contributed by atoms with E-state index in [2.05, 4.69) is 109 Å². The summed E-state index contributed by atoms with van der Waals surface area (Å²) < 4.78 is 3.08. The highest BCUT2D eigenvalue weighted by molar-refractivity contribution is 7.21. The molecule has 8 aromatic rings. The van der Waals surface area contributed by atoms with E-state index in [9.17, 15) is 4.79 Å². The summed E-state index contributed by atoms with van der Waals surface area (Å²) in [5.74, 6) is 0.0170. The standard InChI is InChI=1S/C35H22N2OS/c1-21(38)37-31-19-18-22-8-2-3-9-25(22)33(31)29-20-28(26-10-4-5-11-27(26)34(29)37)23-14-16-24(17-15-23)35-36-30-12-6-7-13-32(30)39-35/h2-20H,1H3. The van der Waals surface area contributed by atoms with Gasteiger partial charge in [-0.2, -0.15) is 0 Å². The van der Waals surface area contributed by atoms with Crippen LogP contribution in [0.2, 0.25) is 0 Å². The lowest BCUT2D eigenvalue weighted by Crippen LogP contribution is -2.05. The molecule has 0 N–H and O–H groups in total. The molecule has 0 saturated carbocycles. The first-order chi connectivity index (χ1) is 19.2. The minimum Gasteiger partial charge on any atom is -0.279 e. The Kier molecular flexibility index (Phi) is 4.76. The number of hydrogen-bond acceptors (Lipinski definition) is 3. The fourth-order valence-corrected chi connectivity index (χ4v) is 6.97. The summed E-state index contributed by atoms with van der Waals surface area (Å²) in [6.45, 7) is 1.65. The van der Waals surface area contributed by atoms with Gasteiger partial charge >= 0.3 is 0 Å². The molecule has 3 nitrogen and oxygen atoms in total. The van der Waals surface area contributed by atoms with Crippen LogP contribution in [0.15, 0.2) is 115 Å². The minimum absolute atomic E-state index is 0.0170. The van der Waals surface area contributed by atoms with Gasteiger partial charge in [0.2, 0.25) is 5.91 Å². The quantitative estimate of drug-likeness (QED) is 0.228. The second-order valence-corrected chi connectivity index (χ2v) is 11.0. The molecule has 0 aliphatic rings. The third-order valence-electron chi connectivity index (χ3n) is 7.71. The van der Waals surface area contributed by atoms with E-state index >= 15 is 0 Å². The Morgan fingerprint density at radius 2 is 1.38 bits per heavy atom. The molecule has 6 aromatic carbocycles. The number of thiazole rings is 1. The van der Waals surface area contributed by atoms with Crippen molar-refractivity contribution in [3.8, 4) is 21.7 Å². The number of para-hydroxylation sites is 1. The van der Waals surface area contributed by atoms with Crippen molar-refractivity contribution >= 4 is 70.8 Å². The Morgan fingerprint density at radius 1 is 0.692 bits per heavy atom. The van der Waals surface area contributed by atoms with Crippen molar-refractivity contribution in [3.63, 3.8) is 0 Å². The van der Waals surface area contributed by atoms with Gasteiger partial charge in [-0.15, -0.1) is 11.3 Å². The number of hydrogen-bond donors (Lipinski definition) is 0. The lowest BCUT2D eigenvalue weighted by atomic mass is 9.94. The van der Waals surface area contributed by atoms with E-state index in [4.69, 9.17) is 4.98 Å². The summed E-state index contributed by atoms with van der Waals surface area (Å²) in [6.07, 6.45) is 0. The zero-order valence-corrected chi connectivity index (χ0v) is 22.0. The van der Waals surface area contributed by atoms with Crippen LogP contribution < -0.4 is 0 Å². The second-order valence-electron chi connectivity index (χ2n) is 9.97. The molecule has 0 atom stereocenters. The monoisotopic (exact) mass is 518 g/mol. The third kappa shape index (κ3) is 3.28. The van der Waals surface area contributed by atoms with Crippen LogP contribution in [0.4, 0.5) is 0 Å². The van der Waals surface area contributed by atoms with Gasteiger partial charge in [-0.1, -0.05) is 91.0 Å². The van der Waals surface area contributed by atoms with Crippen molar-refractivity contribution in [2.45, 2.75) is 6.92 Å². The summed E-state index contributed by atoms with van der Waals surface area (Å²) in [5.41, 5.74) is 6.37. The maximum absolute atomic E-state index is 13.1. The van der Waals surface area contributed by atoms with Crippen LogP contribution in [-0.4, -0.2) is 15.5 Å². The highest BCUT2D eigenvalue weighted by atomic mass is 32.1. The number of carbonyl (C=O) groups is 1. The Labute approximate surface area is 228 Å². The van der Waals surface area contributed by atoms with Crippen LogP contribution in [0.25, 0.3) is 75.3 Å². The average Bonchev–Trinajstić information content (AvgIpc) is 3.57. The van der Waals surface area contributed by atoms with Crippen LogP contribution >= 0.6 is 11.3 Å². The van der Waals surface area contributed by atoms with E-state index in [0.717, 1.165) is 65.2 Å². The molecule has 0 aliphatic carbocycles. The van der Waals surface area contributed by atoms with Crippen LogP contribution in [0, 0.1) is 0 Å². The Morgan fingerprint density at radius 3 is 2.18 bits per heavy atom. The van der Waals surface area contributed by atoms with Gasteiger partial charge in [-0.05, 0) is 51.6 Å². The molecule has 0 spiro atoms. The van der Waals surface area contributed by atoms with E-state index in [1.54, 1.807) is 18.3 Å². The van der Waals surface area contributed by atoms with E-state index in [-0.39, 0.29) is 5.91 Å². The van der Waals surface area contributed by atoms with Gasteiger partial charge in [0.15, 0.2) is 0 Å². The Bertz CT molecular complexity index is 2220. The zero-order chi connectivity index (χ0) is 26.1. The summed E-state index contributed by atoms with van der Waals surface area (Å²) >= 11 is 1.72. The van der Waals surface area contributed by atoms with Crippen LogP contribution in [-0.2, 0) is 0 Å². The molecule has 0 unspecified atom stereocenters. The van der Waals surface area contributed by atoms with Gasteiger partial charge in [0.05, 0.1) is 21.3 Å². The predicted octanol–water partition coefficient (Wildman–Crippen LogP) is 9.70. The zero-order valence-electron chi connectivity index (χ0n) is 21.2. The number of rotatable bonds is 2. The second kappa shape index (κ2) is 8.35. The molecule has 0 saturated heterocycles. The highest BCUT2D eigenvalue weighted by Gasteiger charge is 2.20. The summed E-state index contributed by atoms with van der Waals surface area (Å²) in [7, 11) is 0. The van der Waals surface area contributed by atoms with Crippen LogP contribution in [0.5, 0.6) is 0 Å². The molecule has 4 heteroatoms. The van der Waals surface area contributed by atoms with Crippen LogP contribution in [0.3, 0.4) is 0 Å². The first-order valence-electron chi connectivity index (χ1n) is 13.0. The fourth-order valence-electron chi connectivity index (χ4n) is 6.00. The smallest absolute Gasteiger partial charge is 0.228 e. The molecular formula is C35H22N2OS. The molecule has 2 aromatic heterocycles. The number of carbonyl (C=O) groups excluding carboxylic acids is 1. The SMILES string of the molecule is CC(=O)n1c2ccc3ccccc3c2c2cc(-c3ccc(-c4nc5ccccc5s4)cc3)c3ccccc3c21. The molecule has 0 fully saturated rings. The predicted molar refractivity (Wildman–Crippen MR) is 165 cm³/mol. The molecule has 184 valence electrons. The van der Waals surface area contributed by atoms with Crippen molar-refractivity contribution in [1.82, 2.24) is 9.55 Å². The molecule has 2 heterocycles. The number of fused-ring (bicyclic) bond motifs is 8. The molecule has 8 rings (SSSR count). The van der Waals surface area contributed by atoms with E-state index in [1.165, 1.54) is 10.1 Å². The van der Waals surface area contributed by atoms with E-state index in [0.29, 0.717) is 0 Å². The molecular weight excluding hydrogens is 496 g/mol. The Balaban J connectivity index is 1.42. The lowest BCUT2D eigenvalue weighted by Gasteiger charge is -2.11. The van der Waals surface area contributed by atoms with Gasteiger partial charge in [0.25, 0.3) is 0 Å². The van der Waals surface area contributed by atoms with Gasteiger partial charge in [0.1, 0.15) is 5.01 Å². The van der Waals surface area contributed by atoms with Crippen molar-refractivity contribution in [2.75, 3.05) is 0 Å². The summed E-state index contributed by atoms with van der Waals surface area (Å²) in [4.78, 5) is 17.9. The van der Waals surface area contributed by atoms with Crippen molar-refractivity contribution in [2.24, 2.45) is 0 Å². The fraction of sp³-hybridized carbons (Fsp3) is 0.0286.